The maximum absolute atomic E-state index is 2.72. The quantitative estimate of drug-likeness (QED) is 0.305. The van der Waals surface area contributed by atoms with Crippen LogP contribution in [0, 0.1) is 0 Å². The Morgan fingerprint density at radius 1 is 0.652 bits per heavy atom. The topological polar surface area (TPSA) is 0 Å². The summed E-state index contributed by atoms with van der Waals surface area (Å²) in [6.45, 7) is 24.5. The van der Waals surface area contributed by atoms with E-state index < -0.39 is 28.6 Å². The van der Waals surface area contributed by atoms with Gasteiger partial charge in [-0.3, -0.25) is 0 Å². The molecule has 0 unspecified atom stereocenters. The van der Waals surface area contributed by atoms with Crippen LogP contribution in [0.15, 0.2) is 0 Å². The van der Waals surface area contributed by atoms with Gasteiger partial charge in [-0.05, 0) is 18.6 Å². The summed E-state index contributed by atoms with van der Waals surface area (Å²) in [5.74, 6) is 1.70. The van der Waals surface area contributed by atoms with Crippen molar-refractivity contribution in [2.75, 3.05) is 11.5 Å². The van der Waals surface area contributed by atoms with Gasteiger partial charge in [0.1, 0.15) is 0 Å². The van der Waals surface area contributed by atoms with Crippen molar-refractivity contribution in [2.45, 2.75) is 96.3 Å². The van der Waals surface area contributed by atoms with Gasteiger partial charge in [-0.15, -0.1) is 0 Å². The summed E-state index contributed by atoms with van der Waals surface area (Å²) in [4.78, 5) is 0. The van der Waals surface area contributed by atoms with Crippen LogP contribution in [0.1, 0.15) is 32.1 Å². The second kappa shape index (κ2) is 8.50. The fraction of sp³-hybridized carbons (Fsp3) is 1.00. The molecule has 0 aliphatic heterocycles. The molecule has 0 aromatic heterocycles. The van der Waals surface area contributed by atoms with Gasteiger partial charge in [0.15, 0.2) is 0 Å². The van der Waals surface area contributed by atoms with E-state index in [0.717, 1.165) is 5.25 Å². The van der Waals surface area contributed by atoms with Gasteiger partial charge < -0.3 is 0 Å². The molecule has 0 nitrogen and oxygen atoms in total. The van der Waals surface area contributed by atoms with E-state index >= 15 is 0 Å². The van der Waals surface area contributed by atoms with Crippen LogP contribution in [-0.2, 0) is 0 Å². The molecule has 0 bridgehead atoms. The third-order valence-electron chi connectivity index (χ3n) is 5.48. The molecule has 6 heteroatoms. The van der Waals surface area contributed by atoms with Crippen LogP contribution in [0.5, 0.6) is 0 Å². The van der Waals surface area contributed by atoms with E-state index in [0.29, 0.717) is 0 Å². The molecular formula is C17H42S2Si4. The zero-order chi connectivity index (χ0) is 17.9. The number of hydrogen-bond acceptors (Lipinski definition) is 2. The third-order valence-corrected chi connectivity index (χ3v) is 96.1. The molecule has 0 radical (unpaired) electrons. The minimum atomic E-state index is -1.17. The second-order valence-electron chi connectivity index (χ2n) is 10.4. The Balaban J connectivity index is 2.77. The van der Waals surface area contributed by atoms with Gasteiger partial charge >= 0.3 is 0 Å². The lowest BCUT2D eigenvalue weighted by Crippen LogP contribution is -2.81. The zero-order valence-corrected chi connectivity index (χ0v) is 23.0. The normalized spacial score (nSPS) is 19.2. The highest BCUT2D eigenvalue weighted by molar-refractivity contribution is 8.50. The van der Waals surface area contributed by atoms with Crippen molar-refractivity contribution < 1.29 is 0 Å². The average Bonchev–Trinajstić information content (AvgIpc) is 2.35. The van der Waals surface area contributed by atoms with Crippen molar-refractivity contribution in [1.82, 2.24) is 0 Å². The standard InChI is InChI=1S/C17H42S2Si4/c1-20(2,3)23(21(4,5)6,22(7,8)9)19-16-15-18-17-13-11-10-12-14-17/h17H,10-16H2,1-9H3. The van der Waals surface area contributed by atoms with E-state index in [2.05, 4.69) is 81.9 Å². The number of hydrogen-bond donors (Lipinski definition) is 0. The largest absolute Gasteiger partial charge is 0.193 e. The van der Waals surface area contributed by atoms with Gasteiger partial charge in [-0.2, -0.15) is 23.0 Å². The summed E-state index contributed by atoms with van der Waals surface area (Å²) in [5, 5.41) is 0.992. The summed E-state index contributed by atoms with van der Waals surface area (Å²) in [6, 6.07) is 0. The summed E-state index contributed by atoms with van der Waals surface area (Å²) in [7, 11) is -3.24. The van der Waals surface area contributed by atoms with Gasteiger partial charge in [0.2, 0.25) is 0 Å². The molecule has 1 fully saturated rings. The maximum atomic E-state index is 2.72. The molecule has 0 N–H and O–H groups in total. The van der Waals surface area contributed by atoms with Crippen molar-refractivity contribution in [1.29, 1.82) is 0 Å². The monoisotopic (exact) mass is 422 g/mol. The Morgan fingerprint density at radius 3 is 1.48 bits per heavy atom. The number of rotatable bonds is 8. The summed E-state index contributed by atoms with van der Waals surface area (Å²) < 4.78 is 0. The van der Waals surface area contributed by atoms with Gasteiger partial charge in [0.25, 0.3) is 0 Å². The van der Waals surface area contributed by atoms with Crippen LogP contribution in [0.3, 0.4) is 0 Å². The van der Waals surface area contributed by atoms with Crippen LogP contribution in [0.4, 0.5) is 0 Å². The lowest BCUT2D eigenvalue weighted by Gasteiger charge is -2.56. The zero-order valence-electron chi connectivity index (χ0n) is 17.3. The highest BCUT2D eigenvalue weighted by atomic mass is 32.4. The Bertz CT molecular complexity index is 324. The van der Waals surface area contributed by atoms with Crippen LogP contribution < -0.4 is 0 Å². The first-order valence-electron chi connectivity index (χ1n) is 9.58. The van der Waals surface area contributed by atoms with E-state index in [1.54, 1.807) is 0 Å². The smallest absolute Gasteiger partial charge is 0.0946 e. The predicted octanol–water partition coefficient (Wildman–Crippen LogP) is 6.98. The first kappa shape index (κ1) is 22.6. The van der Waals surface area contributed by atoms with E-state index in [1.807, 2.05) is 0 Å². The minimum Gasteiger partial charge on any atom is -0.193 e. The lowest BCUT2D eigenvalue weighted by molar-refractivity contribution is 0.516. The fourth-order valence-electron chi connectivity index (χ4n) is 5.67. The summed E-state index contributed by atoms with van der Waals surface area (Å²) >= 11 is 4.90. The van der Waals surface area contributed by atoms with Crippen molar-refractivity contribution in [3.05, 3.63) is 0 Å². The third kappa shape index (κ3) is 5.52. The Labute approximate surface area is 158 Å². The van der Waals surface area contributed by atoms with Gasteiger partial charge in [-0.25, -0.2) is 0 Å². The molecule has 0 aromatic carbocycles. The first-order chi connectivity index (χ1) is 10.3. The van der Waals surface area contributed by atoms with Crippen LogP contribution in [0.2, 0.25) is 58.9 Å². The molecule has 1 aliphatic rings. The van der Waals surface area contributed by atoms with Gasteiger partial charge in [-0.1, -0.05) is 78.2 Å². The van der Waals surface area contributed by atoms with Crippen molar-refractivity contribution in [2.24, 2.45) is 0 Å². The fourth-order valence-corrected chi connectivity index (χ4v) is 117. The molecule has 23 heavy (non-hydrogen) atoms. The second-order valence-corrected chi connectivity index (χ2v) is 58.1. The van der Waals surface area contributed by atoms with E-state index in [1.165, 1.54) is 43.6 Å². The average molecular weight is 423 g/mol. The molecule has 0 aromatic rings. The van der Waals surface area contributed by atoms with E-state index in [4.69, 9.17) is 0 Å². The summed E-state index contributed by atoms with van der Waals surface area (Å²) in [6.07, 6.45) is 7.45. The molecule has 0 saturated heterocycles. The lowest BCUT2D eigenvalue weighted by atomic mass is 10.0. The highest BCUT2D eigenvalue weighted by Gasteiger charge is 2.61. The van der Waals surface area contributed by atoms with Crippen LogP contribution in [0.25, 0.3) is 0 Å². The number of thioether (sulfide) groups is 1. The highest BCUT2D eigenvalue weighted by Crippen LogP contribution is 2.45. The summed E-state index contributed by atoms with van der Waals surface area (Å²) in [5.41, 5.74) is 0. The molecule has 1 saturated carbocycles. The van der Waals surface area contributed by atoms with Crippen molar-refractivity contribution in [3.8, 4) is 0 Å². The Morgan fingerprint density at radius 2 is 1.09 bits per heavy atom. The molecule has 138 valence electrons. The molecule has 0 spiro atoms. The minimum absolute atomic E-state index is 0.992. The van der Waals surface area contributed by atoms with Crippen LogP contribution >= 0.6 is 23.0 Å². The van der Waals surface area contributed by atoms with Crippen molar-refractivity contribution in [3.63, 3.8) is 0 Å². The maximum Gasteiger partial charge on any atom is 0.0946 e. The molecule has 0 heterocycles. The Hall–Kier alpha value is 1.57. The van der Waals surface area contributed by atoms with Crippen LogP contribution in [-0.4, -0.2) is 45.3 Å². The molecule has 0 amide bonds. The predicted molar refractivity (Wildman–Crippen MR) is 128 cm³/mol. The van der Waals surface area contributed by atoms with Crippen molar-refractivity contribution >= 4 is 51.5 Å². The molecular weight excluding hydrogens is 381 g/mol. The van der Waals surface area contributed by atoms with Gasteiger partial charge in [0.05, 0.1) is 5.78 Å². The van der Waals surface area contributed by atoms with Gasteiger partial charge in [0, 0.05) is 33.8 Å². The van der Waals surface area contributed by atoms with E-state index in [9.17, 15) is 0 Å². The Kier molecular flexibility index (Phi) is 8.36. The molecule has 0 atom stereocenters. The first-order valence-corrected chi connectivity index (χ1v) is 27.8. The molecule has 1 aliphatic carbocycles. The van der Waals surface area contributed by atoms with E-state index in [-0.39, 0.29) is 0 Å². The SMILES string of the molecule is C[Si](C)(C)[Si](SCCSC1CCCCC1)([Si](C)(C)C)[Si](C)(C)C. The molecule has 1 rings (SSSR count).